The largest absolute Gasteiger partial charge is 0.346 e. The number of carbonyl (C=O) groups excluding carboxylic acids is 1. The van der Waals surface area contributed by atoms with E-state index < -0.39 is 0 Å². The van der Waals surface area contributed by atoms with Crippen molar-refractivity contribution in [2.45, 2.75) is 25.7 Å². The number of carbonyl (C=O) groups is 1. The van der Waals surface area contributed by atoms with Crippen LogP contribution in [0, 0.1) is 12.7 Å². The number of aryl methyl sites for hydroxylation is 1. The van der Waals surface area contributed by atoms with Crippen molar-refractivity contribution in [1.29, 1.82) is 0 Å². The molecule has 4 rings (SSSR count). The first kappa shape index (κ1) is 17.0. The first-order chi connectivity index (χ1) is 12.5. The monoisotopic (exact) mass is 371 g/mol. The molecule has 0 saturated carbocycles. The van der Waals surface area contributed by atoms with Crippen molar-refractivity contribution in [3.63, 3.8) is 0 Å². The van der Waals surface area contributed by atoms with Crippen molar-refractivity contribution in [3.05, 3.63) is 64.2 Å². The van der Waals surface area contributed by atoms with Crippen LogP contribution in [0.1, 0.15) is 40.2 Å². The molecule has 3 aromatic rings. The minimum absolute atomic E-state index is 0.0598. The highest BCUT2D eigenvalue weighted by Crippen LogP contribution is 2.34. The number of halogens is 2. The number of nitrogens with one attached hydrogen (secondary N) is 1. The molecule has 0 radical (unpaired) electrons. The summed E-state index contributed by atoms with van der Waals surface area (Å²) in [7, 11) is 0. The van der Waals surface area contributed by atoms with E-state index in [1.165, 1.54) is 6.20 Å². The molecule has 0 aliphatic carbocycles. The molecule has 3 heterocycles. The Balaban J connectivity index is 1.53. The summed E-state index contributed by atoms with van der Waals surface area (Å²) in [5.41, 5.74) is 2.95. The molecule has 1 N–H and O–H groups in total. The van der Waals surface area contributed by atoms with Crippen molar-refractivity contribution >= 4 is 28.5 Å². The van der Waals surface area contributed by atoms with Gasteiger partial charge in [-0.2, -0.15) is 0 Å². The van der Waals surface area contributed by atoms with E-state index in [0.717, 1.165) is 23.8 Å². The van der Waals surface area contributed by atoms with Gasteiger partial charge in [0, 0.05) is 30.2 Å². The number of benzene rings is 1. The molecule has 0 unspecified atom stereocenters. The fourth-order valence-electron chi connectivity index (χ4n) is 3.75. The summed E-state index contributed by atoms with van der Waals surface area (Å²) >= 11 is 6.23. The van der Waals surface area contributed by atoms with Gasteiger partial charge in [-0.15, -0.1) is 0 Å². The number of H-pyrrole nitrogens is 1. The van der Waals surface area contributed by atoms with Crippen molar-refractivity contribution < 1.29 is 9.18 Å². The average molecular weight is 372 g/mol. The Hall–Kier alpha value is -2.40. The van der Waals surface area contributed by atoms with Crippen LogP contribution in [0.4, 0.5) is 4.39 Å². The predicted octanol–water partition coefficient (Wildman–Crippen LogP) is 4.68. The highest BCUT2D eigenvalue weighted by atomic mass is 35.5. The van der Waals surface area contributed by atoms with Crippen molar-refractivity contribution in [1.82, 2.24) is 14.9 Å². The van der Waals surface area contributed by atoms with Gasteiger partial charge in [0.05, 0.1) is 16.8 Å². The van der Waals surface area contributed by atoms with Gasteiger partial charge in [-0.05, 0) is 49.4 Å². The van der Waals surface area contributed by atoms with Crippen LogP contribution < -0.4 is 0 Å². The van der Waals surface area contributed by atoms with E-state index in [4.69, 9.17) is 11.6 Å². The van der Waals surface area contributed by atoms with Gasteiger partial charge in [0.1, 0.15) is 11.5 Å². The Morgan fingerprint density at radius 3 is 2.81 bits per heavy atom. The van der Waals surface area contributed by atoms with Crippen LogP contribution in [0.25, 0.3) is 11.0 Å². The van der Waals surface area contributed by atoms with Crippen molar-refractivity contribution in [2.75, 3.05) is 13.1 Å². The molecule has 1 aliphatic rings. The zero-order valence-electron chi connectivity index (χ0n) is 14.4. The highest BCUT2D eigenvalue weighted by molar-refractivity contribution is 6.33. The van der Waals surface area contributed by atoms with E-state index in [0.29, 0.717) is 34.9 Å². The van der Waals surface area contributed by atoms with E-state index >= 15 is 0 Å². The van der Waals surface area contributed by atoms with E-state index in [1.54, 1.807) is 23.2 Å². The second kappa shape index (κ2) is 6.72. The van der Waals surface area contributed by atoms with Gasteiger partial charge < -0.3 is 9.88 Å². The summed E-state index contributed by atoms with van der Waals surface area (Å²) in [5.74, 6) is -0.257. The number of likely N-dealkylation sites (tertiary alicyclic amines) is 1. The Morgan fingerprint density at radius 1 is 1.31 bits per heavy atom. The zero-order chi connectivity index (χ0) is 18.3. The number of amides is 1. The molecule has 0 atom stereocenters. The van der Waals surface area contributed by atoms with Crippen LogP contribution in [-0.4, -0.2) is 33.9 Å². The van der Waals surface area contributed by atoms with Crippen LogP contribution in [0.2, 0.25) is 5.02 Å². The molecule has 1 aromatic carbocycles. The van der Waals surface area contributed by atoms with Gasteiger partial charge in [-0.3, -0.25) is 4.79 Å². The van der Waals surface area contributed by atoms with Gasteiger partial charge in [-0.1, -0.05) is 17.7 Å². The number of nitrogens with zero attached hydrogens (tertiary/aromatic N) is 2. The first-order valence-corrected chi connectivity index (χ1v) is 9.09. The molecule has 1 fully saturated rings. The molecular formula is C20H19ClFN3O. The minimum atomic E-state index is -0.275. The predicted molar refractivity (Wildman–Crippen MR) is 100 cm³/mol. The lowest BCUT2D eigenvalue weighted by molar-refractivity contribution is 0.0713. The summed E-state index contributed by atoms with van der Waals surface area (Å²) in [4.78, 5) is 21.7. The lowest BCUT2D eigenvalue weighted by atomic mass is 9.87. The van der Waals surface area contributed by atoms with Crippen LogP contribution >= 0.6 is 11.6 Å². The summed E-state index contributed by atoms with van der Waals surface area (Å²) in [6.45, 7) is 3.11. The van der Waals surface area contributed by atoms with Gasteiger partial charge in [0.2, 0.25) is 0 Å². The fraction of sp³-hybridized carbons (Fsp3) is 0.300. The number of hydrogen-bond acceptors (Lipinski definition) is 2. The van der Waals surface area contributed by atoms with Crippen LogP contribution in [-0.2, 0) is 0 Å². The second-order valence-electron chi connectivity index (χ2n) is 6.81. The summed E-state index contributed by atoms with van der Waals surface area (Å²) < 4.78 is 14.4. The number of aromatic amines is 1. The quantitative estimate of drug-likeness (QED) is 0.710. The summed E-state index contributed by atoms with van der Waals surface area (Å²) in [6, 6.07) is 7.33. The average Bonchev–Trinajstić information content (AvgIpc) is 3.10. The fourth-order valence-corrected chi connectivity index (χ4v) is 4.07. The van der Waals surface area contributed by atoms with Gasteiger partial charge in [0.25, 0.3) is 5.91 Å². The number of aromatic nitrogens is 2. The lowest BCUT2D eigenvalue weighted by Gasteiger charge is -2.32. The van der Waals surface area contributed by atoms with Crippen LogP contribution in [0.15, 0.2) is 36.7 Å². The third kappa shape index (κ3) is 2.97. The molecule has 2 aromatic heterocycles. The van der Waals surface area contributed by atoms with Crippen molar-refractivity contribution in [2.24, 2.45) is 0 Å². The number of hydrogen-bond donors (Lipinski definition) is 1. The number of fused-ring (bicyclic) bond motifs is 1. The van der Waals surface area contributed by atoms with E-state index in [1.807, 2.05) is 19.1 Å². The van der Waals surface area contributed by atoms with Gasteiger partial charge in [0.15, 0.2) is 0 Å². The Bertz CT molecular complexity index is 976. The summed E-state index contributed by atoms with van der Waals surface area (Å²) in [5, 5.41) is 1.31. The number of pyridine rings is 1. The van der Waals surface area contributed by atoms with E-state index in [9.17, 15) is 9.18 Å². The molecule has 0 bridgehead atoms. The molecule has 1 amide bonds. The normalized spacial score (nSPS) is 15.6. The third-order valence-corrected chi connectivity index (χ3v) is 5.44. The zero-order valence-corrected chi connectivity index (χ0v) is 15.2. The maximum absolute atomic E-state index is 14.4. The molecular weight excluding hydrogens is 353 g/mol. The maximum Gasteiger partial charge on any atom is 0.255 e. The molecule has 0 spiro atoms. The molecule has 6 heteroatoms. The topological polar surface area (TPSA) is 49.0 Å². The van der Waals surface area contributed by atoms with E-state index in [-0.39, 0.29) is 17.6 Å². The SMILES string of the molecule is Cc1ccc(C(=O)N2CCC(c3c(F)cnc4[nH]ccc34)CC2)c(Cl)c1. The third-order valence-electron chi connectivity index (χ3n) is 5.13. The van der Waals surface area contributed by atoms with Gasteiger partial charge in [-0.25, -0.2) is 9.37 Å². The lowest BCUT2D eigenvalue weighted by Crippen LogP contribution is -2.38. The molecule has 1 aliphatic heterocycles. The Labute approximate surface area is 156 Å². The summed E-state index contributed by atoms with van der Waals surface area (Å²) in [6.07, 6.45) is 4.49. The number of piperidine rings is 1. The van der Waals surface area contributed by atoms with Crippen LogP contribution in [0.3, 0.4) is 0 Å². The molecule has 4 nitrogen and oxygen atoms in total. The number of rotatable bonds is 2. The highest BCUT2D eigenvalue weighted by Gasteiger charge is 2.28. The molecule has 26 heavy (non-hydrogen) atoms. The Morgan fingerprint density at radius 2 is 2.08 bits per heavy atom. The smallest absolute Gasteiger partial charge is 0.255 e. The standard InChI is InChI=1S/C20H19ClFN3O/c1-12-2-3-14(16(21)10-12)20(26)25-8-5-13(6-9-25)18-15-4-7-23-19(15)24-11-17(18)22/h2-4,7,10-11,13H,5-6,8-9H2,1H3,(H,23,24). The van der Waals surface area contributed by atoms with Crippen molar-refractivity contribution in [3.8, 4) is 0 Å². The van der Waals surface area contributed by atoms with E-state index in [2.05, 4.69) is 9.97 Å². The minimum Gasteiger partial charge on any atom is -0.346 e. The van der Waals surface area contributed by atoms with Crippen LogP contribution in [0.5, 0.6) is 0 Å². The second-order valence-corrected chi connectivity index (χ2v) is 7.22. The first-order valence-electron chi connectivity index (χ1n) is 8.71. The molecule has 1 saturated heterocycles. The molecule has 134 valence electrons. The Kier molecular flexibility index (Phi) is 4.41. The van der Waals surface area contributed by atoms with Gasteiger partial charge >= 0.3 is 0 Å². The maximum atomic E-state index is 14.4.